The first-order valence-corrected chi connectivity index (χ1v) is 7.77. The van der Waals surface area contributed by atoms with Crippen LogP contribution in [0.2, 0.25) is 0 Å². The summed E-state index contributed by atoms with van der Waals surface area (Å²) in [5, 5.41) is 9.00. The number of carbonyl (C=O) groups excluding carboxylic acids is 1. The summed E-state index contributed by atoms with van der Waals surface area (Å²) in [4.78, 5) is 25.5. The van der Waals surface area contributed by atoms with E-state index < -0.39 is 18.2 Å². The molecule has 3 rings (SSSR count). The van der Waals surface area contributed by atoms with Crippen LogP contribution in [0.1, 0.15) is 36.0 Å². The fraction of sp³-hybridized carbons (Fsp3) is 0.529. The summed E-state index contributed by atoms with van der Waals surface area (Å²) < 4.78 is 5.42. The molecule has 5 heteroatoms. The highest BCUT2D eigenvalue weighted by atomic mass is 16.5. The van der Waals surface area contributed by atoms with Crippen molar-refractivity contribution in [2.75, 3.05) is 11.4 Å². The lowest BCUT2D eigenvalue weighted by atomic mass is 9.94. The average molecular weight is 303 g/mol. The Kier molecular flexibility index (Phi) is 3.91. The van der Waals surface area contributed by atoms with Gasteiger partial charge in [0.15, 0.2) is 6.10 Å². The van der Waals surface area contributed by atoms with Crippen molar-refractivity contribution in [3.63, 3.8) is 0 Å². The third kappa shape index (κ3) is 2.61. The first-order chi connectivity index (χ1) is 10.5. The SMILES string of the molecule is Cc1cc(C)c2c(c1)N(C(=O)[C@@H]1CC[C@H](C(=O)O)O1)CCC2. The molecule has 1 fully saturated rings. The number of carboxylic acid groups (broad SMARTS) is 1. The van der Waals surface area contributed by atoms with Crippen molar-refractivity contribution in [1.29, 1.82) is 0 Å². The number of fused-ring (bicyclic) bond motifs is 1. The Morgan fingerprint density at radius 1 is 1.23 bits per heavy atom. The van der Waals surface area contributed by atoms with Gasteiger partial charge in [0.05, 0.1) is 0 Å². The zero-order valence-corrected chi connectivity index (χ0v) is 13.0. The lowest BCUT2D eigenvalue weighted by Gasteiger charge is -2.32. The molecule has 1 amide bonds. The Balaban J connectivity index is 1.85. The van der Waals surface area contributed by atoms with Gasteiger partial charge in [-0.1, -0.05) is 6.07 Å². The molecule has 1 aromatic carbocycles. The zero-order chi connectivity index (χ0) is 15.9. The summed E-state index contributed by atoms with van der Waals surface area (Å²) in [6, 6.07) is 4.18. The van der Waals surface area contributed by atoms with Gasteiger partial charge in [-0.2, -0.15) is 0 Å². The molecular weight excluding hydrogens is 282 g/mol. The molecule has 22 heavy (non-hydrogen) atoms. The predicted molar refractivity (Wildman–Crippen MR) is 82.1 cm³/mol. The molecule has 5 nitrogen and oxygen atoms in total. The third-order valence-corrected chi connectivity index (χ3v) is 4.53. The standard InChI is InChI=1S/C17H21NO4/c1-10-8-11(2)12-4-3-7-18(13(12)9-10)16(19)14-5-6-15(22-14)17(20)21/h8-9,14-15H,3-7H2,1-2H3,(H,20,21)/t14-,15+/m0/s1. The van der Waals surface area contributed by atoms with E-state index in [9.17, 15) is 9.59 Å². The van der Waals surface area contributed by atoms with Crippen LogP contribution in [-0.2, 0) is 20.7 Å². The number of ether oxygens (including phenoxy) is 1. The number of benzene rings is 1. The minimum atomic E-state index is -0.985. The molecular formula is C17H21NO4. The number of anilines is 1. The number of amides is 1. The van der Waals surface area contributed by atoms with Gasteiger partial charge < -0.3 is 14.7 Å². The monoisotopic (exact) mass is 303 g/mol. The van der Waals surface area contributed by atoms with Gasteiger partial charge in [-0.25, -0.2) is 4.79 Å². The number of carbonyl (C=O) groups is 2. The van der Waals surface area contributed by atoms with Gasteiger partial charge in [0.1, 0.15) is 6.10 Å². The Bertz CT molecular complexity index is 625. The fourth-order valence-corrected chi connectivity index (χ4v) is 3.48. The molecule has 2 aliphatic rings. The van der Waals surface area contributed by atoms with Gasteiger partial charge in [-0.15, -0.1) is 0 Å². The molecule has 0 spiro atoms. The molecule has 0 unspecified atom stereocenters. The van der Waals surface area contributed by atoms with E-state index in [0.29, 0.717) is 19.4 Å². The Labute approximate surface area is 129 Å². The molecule has 0 bridgehead atoms. The Morgan fingerprint density at radius 2 is 1.95 bits per heavy atom. The number of rotatable bonds is 2. The molecule has 1 saturated heterocycles. The highest BCUT2D eigenvalue weighted by Crippen LogP contribution is 2.33. The largest absolute Gasteiger partial charge is 0.479 e. The Morgan fingerprint density at radius 3 is 2.64 bits per heavy atom. The van der Waals surface area contributed by atoms with E-state index in [0.717, 1.165) is 24.1 Å². The van der Waals surface area contributed by atoms with Gasteiger partial charge in [-0.3, -0.25) is 4.79 Å². The van der Waals surface area contributed by atoms with E-state index in [-0.39, 0.29) is 5.91 Å². The van der Waals surface area contributed by atoms with Crippen LogP contribution < -0.4 is 4.90 Å². The molecule has 0 saturated carbocycles. The highest BCUT2D eigenvalue weighted by Gasteiger charge is 2.38. The van der Waals surface area contributed by atoms with E-state index in [1.54, 1.807) is 4.90 Å². The topological polar surface area (TPSA) is 66.8 Å². The maximum absolute atomic E-state index is 12.8. The predicted octanol–water partition coefficient (Wildman–Crippen LogP) is 2.21. The van der Waals surface area contributed by atoms with Crippen LogP contribution in [0.15, 0.2) is 12.1 Å². The van der Waals surface area contributed by atoms with Crippen molar-refractivity contribution in [2.45, 2.75) is 51.7 Å². The van der Waals surface area contributed by atoms with Crippen molar-refractivity contribution in [1.82, 2.24) is 0 Å². The van der Waals surface area contributed by atoms with E-state index in [2.05, 4.69) is 13.0 Å². The van der Waals surface area contributed by atoms with E-state index in [1.807, 2.05) is 13.0 Å². The molecule has 2 atom stereocenters. The van der Waals surface area contributed by atoms with Gasteiger partial charge in [0.2, 0.25) is 0 Å². The van der Waals surface area contributed by atoms with Gasteiger partial charge >= 0.3 is 5.97 Å². The van der Waals surface area contributed by atoms with E-state index in [4.69, 9.17) is 9.84 Å². The summed E-state index contributed by atoms with van der Waals surface area (Å²) in [6.45, 7) is 4.77. The fourth-order valence-electron chi connectivity index (χ4n) is 3.48. The number of hydrogen-bond acceptors (Lipinski definition) is 3. The van der Waals surface area contributed by atoms with Crippen molar-refractivity contribution >= 4 is 17.6 Å². The first-order valence-electron chi connectivity index (χ1n) is 7.77. The van der Waals surface area contributed by atoms with Crippen molar-refractivity contribution in [3.8, 4) is 0 Å². The second-order valence-corrected chi connectivity index (χ2v) is 6.20. The molecule has 0 aromatic heterocycles. The number of carboxylic acids is 1. The number of aliphatic carboxylic acids is 1. The normalized spacial score (nSPS) is 24.2. The summed E-state index contributed by atoms with van der Waals surface area (Å²) in [6.07, 6.45) is 1.31. The highest BCUT2D eigenvalue weighted by molar-refractivity contribution is 5.98. The average Bonchev–Trinajstić information content (AvgIpc) is 2.96. The minimum Gasteiger partial charge on any atom is -0.479 e. The molecule has 1 aromatic rings. The molecule has 0 radical (unpaired) electrons. The summed E-state index contributed by atoms with van der Waals surface area (Å²) >= 11 is 0. The maximum Gasteiger partial charge on any atom is 0.332 e. The third-order valence-electron chi connectivity index (χ3n) is 4.53. The van der Waals surface area contributed by atoms with Crippen LogP contribution in [0.5, 0.6) is 0 Å². The van der Waals surface area contributed by atoms with Crippen molar-refractivity contribution < 1.29 is 19.4 Å². The lowest BCUT2D eigenvalue weighted by Crippen LogP contribution is -2.42. The number of nitrogens with zero attached hydrogens (tertiary/aromatic N) is 1. The molecule has 1 N–H and O–H groups in total. The van der Waals surface area contributed by atoms with Gasteiger partial charge in [0, 0.05) is 12.2 Å². The zero-order valence-electron chi connectivity index (χ0n) is 13.0. The number of hydrogen-bond donors (Lipinski definition) is 1. The molecule has 118 valence electrons. The quantitative estimate of drug-likeness (QED) is 0.909. The van der Waals surface area contributed by atoms with Crippen LogP contribution in [0.3, 0.4) is 0 Å². The van der Waals surface area contributed by atoms with Crippen LogP contribution in [0.4, 0.5) is 5.69 Å². The summed E-state index contributed by atoms with van der Waals surface area (Å²) in [5.41, 5.74) is 4.53. The van der Waals surface area contributed by atoms with E-state index in [1.165, 1.54) is 11.1 Å². The first kappa shape index (κ1) is 15.0. The summed E-state index contributed by atoms with van der Waals surface area (Å²) in [7, 11) is 0. The van der Waals surface area contributed by atoms with Crippen LogP contribution in [0.25, 0.3) is 0 Å². The van der Waals surface area contributed by atoms with Crippen molar-refractivity contribution in [2.24, 2.45) is 0 Å². The van der Waals surface area contributed by atoms with Gasteiger partial charge in [-0.05, 0) is 62.3 Å². The molecule has 0 aliphatic carbocycles. The second kappa shape index (κ2) is 5.72. The molecule has 2 heterocycles. The Hall–Kier alpha value is -1.88. The van der Waals surface area contributed by atoms with Crippen LogP contribution >= 0.6 is 0 Å². The van der Waals surface area contributed by atoms with Crippen LogP contribution in [-0.4, -0.2) is 35.7 Å². The number of aryl methyl sites for hydroxylation is 2. The summed E-state index contributed by atoms with van der Waals surface area (Å²) in [5.74, 6) is -1.09. The minimum absolute atomic E-state index is 0.102. The van der Waals surface area contributed by atoms with E-state index >= 15 is 0 Å². The lowest BCUT2D eigenvalue weighted by molar-refractivity contribution is -0.151. The molecule has 2 aliphatic heterocycles. The van der Waals surface area contributed by atoms with Crippen LogP contribution in [0, 0.1) is 13.8 Å². The van der Waals surface area contributed by atoms with Crippen molar-refractivity contribution in [3.05, 3.63) is 28.8 Å². The van der Waals surface area contributed by atoms with Gasteiger partial charge in [0.25, 0.3) is 5.91 Å². The smallest absolute Gasteiger partial charge is 0.332 e. The maximum atomic E-state index is 12.8. The second-order valence-electron chi connectivity index (χ2n) is 6.20.